The highest BCUT2D eigenvalue weighted by Crippen LogP contribution is 2.39. The molecule has 0 aromatic heterocycles. The third-order valence-corrected chi connectivity index (χ3v) is 7.23. The van der Waals surface area contributed by atoms with Crippen molar-refractivity contribution in [2.24, 2.45) is 0 Å². The van der Waals surface area contributed by atoms with Crippen LogP contribution in [0.3, 0.4) is 0 Å². The first-order valence-electron chi connectivity index (χ1n) is 12.9. The fourth-order valence-corrected chi connectivity index (χ4v) is 5.10. The first-order chi connectivity index (χ1) is 17.4. The van der Waals surface area contributed by atoms with Gasteiger partial charge in [0.15, 0.2) is 0 Å². The van der Waals surface area contributed by atoms with Crippen LogP contribution in [0.2, 0.25) is 0 Å². The van der Waals surface area contributed by atoms with Crippen LogP contribution in [0.4, 0.5) is 5.69 Å². The van der Waals surface area contributed by atoms with Crippen molar-refractivity contribution in [2.75, 3.05) is 32.0 Å². The Hall–Kier alpha value is -3.06. The standard InChI is InChI=1S/C30H37N3O3/c1-30(2,34)22-9-12-29-27(17-22)25(26-5-3-14-32-28(26)20-36-29)6-4-15-33-16-13-24(18-33)35-19-21-7-10-23(31)11-8-21/h3,5-12,14,17,24,28,32,34H,4,13,15-16,18-20,31H2,1-2H3/b25-6+/t24-,28?/m1/s1. The van der Waals surface area contributed by atoms with Crippen molar-refractivity contribution in [3.63, 3.8) is 0 Å². The summed E-state index contributed by atoms with van der Waals surface area (Å²) < 4.78 is 12.4. The lowest BCUT2D eigenvalue weighted by Crippen LogP contribution is -2.33. The minimum Gasteiger partial charge on any atom is -0.490 e. The molecular formula is C30H37N3O3. The molecule has 36 heavy (non-hydrogen) atoms. The number of dihydropyridines is 1. The van der Waals surface area contributed by atoms with Gasteiger partial charge in [-0.05, 0) is 85.5 Å². The lowest BCUT2D eigenvalue weighted by Gasteiger charge is -2.23. The molecule has 2 aromatic rings. The van der Waals surface area contributed by atoms with Crippen molar-refractivity contribution in [3.05, 3.63) is 89.2 Å². The molecule has 0 spiro atoms. The number of ether oxygens (including phenoxy) is 2. The molecule has 3 aliphatic rings. The maximum atomic E-state index is 10.6. The molecule has 0 amide bonds. The number of nitrogens with two attached hydrogens (primary N) is 1. The normalized spacial score (nSPS) is 22.9. The molecule has 3 heterocycles. The van der Waals surface area contributed by atoms with Crippen LogP contribution < -0.4 is 15.8 Å². The molecule has 1 saturated heterocycles. The third-order valence-electron chi connectivity index (χ3n) is 7.23. The van der Waals surface area contributed by atoms with Gasteiger partial charge in [-0.25, -0.2) is 0 Å². The minimum atomic E-state index is -0.915. The molecule has 6 heteroatoms. The third kappa shape index (κ3) is 5.67. The average molecular weight is 488 g/mol. The van der Waals surface area contributed by atoms with Gasteiger partial charge in [-0.15, -0.1) is 0 Å². The van der Waals surface area contributed by atoms with Crippen molar-refractivity contribution in [1.29, 1.82) is 0 Å². The van der Waals surface area contributed by atoms with E-state index < -0.39 is 5.60 Å². The molecule has 4 N–H and O–H groups in total. The van der Waals surface area contributed by atoms with E-state index >= 15 is 0 Å². The van der Waals surface area contributed by atoms with Crippen molar-refractivity contribution < 1.29 is 14.6 Å². The molecule has 5 rings (SSSR count). The second kappa shape index (κ2) is 10.5. The van der Waals surface area contributed by atoms with Gasteiger partial charge >= 0.3 is 0 Å². The van der Waals surface area contributed by atoms with Crippen LogP contribution in [0.5, 0.6) is 5.75 Å². The van der Waals surface area contributed by atoms with Gasteiger partial charge in [-0.2, -0.15) is 0 Å². The number of aliphatic hydroxyl groups is 1. The van der Waals surface area contributed by atoms with Gasteiger partial charge in [0.2, 0.25) is 0 Å². The van der Waals surface area contributed by atoms with Gasteiger partial charge in [0.05, 0.1) is 24.4 Å². The fraction of sp³-hybridized carbons (Fsp3) is 0.400. The number of nitrogens with one attached hydrogen (secondary N) is 1. The van der Waals surface area contributed by atoms with E-state index in [1.54, 1.807) is 0 Å². The van der Waals surface area contributed by atoms with Crippen LogP contribution in [-0.2, 0) is 16.9 Å². The van der Waals surface area contributed by atoms with E-state index in [4.69, 9.17) is 15.2 Å². The van der Waals surface area contributed by atoms with Gasteiger partial charge in [0.1, 0.15) is 12.4 Å². The lowest BCUT2D eigenvalue weighted by molar-refractivity contribution is 0.0468. The Labute approximate surface area is 214 Å². The number of rotatable bonds is 7. The number of nitrogen functional groups attached to an aromatic ring is 1. The number of fused-ring (bicyclic) bond motifs is 2. The van der Waals surface area contributed by atoms with E-state index in [0.29, 0.717) is 13.2 Å². The summed E-state index contributed by atoms with van der Waals surface area (Å²) in [6.07, 6.45) is 10.8. The molecule has 0 saturated carbocycles. The quantitative estimate of drug-likeness (QED) is 0.504. The van der Waals surface area contributed by atoms with Gasteiger partial charge in [-0.3, -0.25) is 0 Å². The molecule has 2 aromatic carbocycles. The Morgan fingerprint density at radius 1 is 1.22 bits per heavy atom. The second-order valence-corrected chi connectivity index (χ2v) is 10.5. The first kappa shape index (κ1) is 24.6. The smallest absolute Gasteiger partial charge is 0.127 e. The summed E-state index contributed by atoms with van der Waals surface area (Å²) in [4.78, 5) is 2.48. The van der Waals surface area contributed by atoms with Crippen LogP contribution in [0.1, 0.15) is 43.4 Å². The maximum Gasteiger partial charge on any atom is 0.127 e. The maximum absolute atomic E-state index is 10.6. The number of anilines is 1. The number of likely N-dealkylation sites (tertiary alicyclic amines) is 1. The molecule has 0 bridgehead atoms. The molecule has 1 unspecified atom stereocenters. The lowest BCUT2D eigenvalue weighted by atomic mass is 9.88. The monoisotopic (exact) mass is 487 g/mol. The molecule has 6 nitrogen and oxygen atoms in total. The van der Waals surface area contributed by atoms with E-state index in [-0.39, 0.29) is 12.1 Å². The van der Waals surface area contributed by atoms with Gasteiger partial charge in [-0.1, -0.05) is 30.4 Å². The van der Waals surface area contributed by atoms with Crippen LogP contribution in [-0.4, -0.2) is 48.4 Å². The Kier molecular flexibility index (Phi) is 7.19. The van der Waals surface area contributed by atoms with Crippen LogP contribution in [0, 0.1) is 0 Å². The van der Waals surface area contributed by atoms with Gasteiger partial charge < -0.3 is 30.5 Å². The zero-order chi connectivity index (χ0) is 25.1. The Bertz CT molecular complexity index is 1160. The number of nitrogens with zero attached hydrogens (tertiary/aromatic N) is 1. The summed E-state index contributed by atoms with van der Waals surface area (Å²) in [5.41, 5.74) is 11.2. The Balaban J connectivity index is 1.27. The Morgan fingerprint density at radius 3 is 2.86 bits per heavy atom. The zero-order valence-corrected chi connectivity index (χ0v) is 21.2. The topological polar surface area (TPSA) is 80.0 Å². The summed E-state index contributed by atoms with van der Waals surface area (Å²) >= 11 is 0. The van der Waals surface area contributed by atoms with Crippen LogP contribution >= 0.6 is 0 Å². The summed E-state index contributed by atoms with van der Waals surface area (Å²) in [5, 5.41) is 14.1. The number of benzene rings is 2. The number of hydrogen-bond acceptors (Lipinski definition) is 6. The molecule has 0 aliphatic carbocycles. The van der Waals surface area contributed by atoms with E-state index in [1.807, 2.05) is 62.5 Å². The average Bonchev–Trinajstić information content (AvgIpc) is 3.26. The summed E-state index contributed by atoms with van der Waals surface area (Å²) in [6, 6.07) is 14.0. The molecule has 190 valence electrons. The highest BCUT2D eigenvalue weighted by molar-refractivity contribution is 5.85. The predicted octanol–water partition coefficient (Wildman–Crippen LogP) is 4.37. The molecular weight excluding hydrogens is 450 g/mol. The van der Waals surface area contributed by atoms with Crippen molar-refractivity contribution in [1.82, 2.24) is 10.2 Å². The molecule has 1 fully saturated rings. The molecule has 2 atom stereocenters. The van der Waals surface area contributed by atoms with Crippen LogP contribution in [0.25, 0.3) is 5.57 Å². The molecule has 3 aliphatic heterocycles. The predicted molar refractivity (Wildman–Crippen MR) is 144 cm³/mol. The van der Waals surface area contributed by atoms with E-state index in [0.717, 1.165) is 60.6 Å². The zero-order valence-electron chi connectivity index (χ0n) is 21.2. The van der Waals surface area contributed by atoms with Crippen molar-refractivity contribution >= 4 is 11.3 Å². The first-order valence-corrected chi connectivity index (χ1v) is 12.9. The summed E-state index contributed by atoms with van der Waals surface area (Å²) in [7, 11) is 0. The minimum absolute atomic E-state index is 0.108. The van der Waals surface area contributed by atoms with E-state index in [1.165, 1.54) is 11.1 Å². The SMILES string of the molecule is CC(C)(O)c1ccc2c(c1)/C(=C/CCN1CC[C@@H](OCc3ccc(N)cc3)C1)C1=CC=CNC1CO2. The van der Waals surface area contributed by atoms with E-state index in [9.17, 15) is 5.11 Å². The highest BCUT2D eigenvalue weighted by Gasteiger charge is 2.28. The summed E-state index contributed by atoms with van der Waals surface area (Å²) in [5.74, 6) is 0.864. The fourth-order valence-electron chi connectivity index (χ4n) is 5.10. The highest BCUT2D eigenvalue weighted by atomic mass is 16.5. The van der Waals surface area contributed by atoms with E-state index in [2.05, 4.69) is 28.4 Å². The van der Waals surface area contributed by atoms with Gasteiger partial charge in [0.25, 0.3) is 0 Å². The van der Waals surface area contributed by atoms with Crippen molar-refractivity contribution in [3.8, 4) is 5.75 Å². The molecule has 0 radical (unpaired) electrons. The Morgan fingerprint density at radius 2 is 2.06 bits per heavy atom. The largest absolute Gasteiger partial charge is 0.490 e. The second-order valence-electron chi connectivity index (χ2n) is 10.5. The van der Waals surface area contributed by atoms with Crippen LogP contribution in [0.15, 0.2) is 72.5 Å². The number of allylic oxidation sites excluding steroid dienone is 2. The van der Waals surface area contributed by atoms with Crippen molar-refractivity contribution in [2.45, 2.75) is 51.0 Å². The van der Waals surface area contributed by atoms with Gasteiger partial charge in [0, 0.05) is 30.9 Å². The summed E-state index contributed by atoms with van der Waals surface area (Å²) in [6.45, 7) is 7.82. The number of hydrogen-bond donors (Lipinski definition) is 3.